The van der Waals surface area contributed by atoms with Crippen LogP contribution in [0.2, 0.25) is 0 Å². The van der Waals surface area contributed by atoms with E-state index < -0.39 is 0 Å². The highest BCUT2D eigenvalue weighted by Crippen LogP contribution is 2.38. The van der Waals surface area contributed by atoms with Crippen molar-refractivity contribution in [3.63, 3.8) is 0 Å². The van der Waals surface area contributed by atoms with E-state index in [2.05, 4.69) is 25.1 Å². The van der Waals surface area contributed by atoms with Crippen LogP contribution in [0.4, 0.5) is 0 Å². The zero-order valence-electron chi connectivity index (χ0n) is 12.0. The maximum Gasteiger partial charge on any atom is 0.278 e. The highest BCUT2D eigenvalue weighted by atomic mass is 32.2. The van der Waals surface area contributed by atoms with Crippen molar-refractivity contribution in [1.29, 1.82) is 0 Å². The number of hydrogen-bond acceptors (Lipinski definition) is 6. The second-order valence-electron chi connectivity index (χ2n) is 5.32. The number of hydrogen-bond donors (Lipinski definition) is 0. The Hall–Kier alpha value is -2.22. The van der Waals surface area contributed by atoms with Crippen LogP contribution in [0.1, 0.15) is 24.7 Å². The predicted molar refractivity (Wildman–Crippen MR) is 82.7 cm³/mol. The summed E-state index contributed by atoms with van der Waals surface area (Å²) in [5.74, 6) is 1.29. The Balaban J connectivity index is 1.62. The molecule has 0 amide bonds. The normalized spacial score (nSPS) is 14.6. The van der Waals surface area contributed by atoms with Gasteiger partial charge in [0.15, 0.2) is 5.16 Å². The first-order valence-electron chi connectivity index (χ1n) is 7.11. The van der Waals surface area contributed by atoms with Crippen LogP contribution < -0.4 is 5.56 Å². The van der Waals surface area contributed by atoms with Crippen LogP contribution in [0, 0.1) is 6.92 Å². The maximum atomic E-state index is 12.4. The first-order chi connectivity index (χ1) is 10.7. The number of nitrogens with zero attached hydrogens (tertiary/aromatic N) is 6. The van der Waals surface area contributed by atoms with Crippen molar-refractivity contribution in [2.24, 2.45) is 0 Å². The molecule has 0 unspecified atom stereocenters. The third-order valence-electron chi connectivity index (χ3n) is 3.69. The van der Waals surface area contributed by atoms with E-state index in [1.807, 2.05) is 19.1 Å². The van der Waals surface area contributed by atoms with Crippen LogP contribution in [0.5, 0.6) is 0 Å². The van der Waals surface area contributed by atoms with E-state index >= 15 is 0 Å². The second kappa shape index (κ2) is 5.20. The molecule has 7 nitrogen and oxygen atoms in total. The van der Waals surface area contributed by atoms with Crippen LogP contribution in [-0.4, -0.2) is 29.8 Å². The van der Waals surface area contributed by atoms with E-state index in [0.29, 0.717) is 22.8 Å². The van der Waals surface area contributed by atoms with Gasteiger partial charge in [0.25, 0.3) is 5.56 Å². The van der Waals surface area contributed by atoms with Crippen LogP contribution in [0.15, 0.2) is 34.2 Å². The predicted octanol–water partition coefficient (Wildman–Crippen LogP) is 1.78. The second-order valence-corrected chi connectivity index (χ2v) is 6.23. The van der Waals surface area contributed by atoms with Gasteiger partial charge in [0.05, 0.1) is 11.3 Å². The molecule has 1 fully saturated rings. The molecular weight excluding hydrogens is 300 g/mol. The molecule has 0 radical (unpaired) electrons. The van der Waals surface area contributed by atoms with Crippen LogP contribution in [0.3, 0.4) is 0 Å². The van der Waals surface area contributed by atoms with Crippen molar-refractivity contribution >= 4 is 22.7 Å². The fourth-order valence-electron chi connectivity index (χ4n) is 2.43. The number of thioether (sulfide) groups is 1. The van der Waals surface area contributed by atoms with Crippen molar-refractivity contribution < 1.29 is 0 Å². The molecule has 1 saturated carbocycles. The first kappa shape index (κ1) is 13.4. The molecule has 0 aliphatic heterocycles. The molecule has 0 N–H and O–H groups in total. The van der Waals surface area contributed by atoms with E-state index in [-0.39, 0.29) is 5.56 Å². The van der Waals surface area contributed by atoms with Gasteiger partial charge in [-0.1, -0.05) is 29.1 Å². The number of rotatable bonds is 4. The van der Waals surface area contributed by atoms with Crippen LogP contribution in [0.25, 0.3) is 10.9 Å². The Kier molecular flexibility index (Phi) is 3.18. The average Bonchev–Trinajstić information content (AvgIpc) is 3.30. The Morgan fingerprint density at radius 2 is 2.05 bits per heavy atom. The number of aromatic nitrogens is 6. The molecule has 0 spiro atoms. The van der Waals surface area contributed by atoms with Gasteiger partial charge >= 0.3 is 0 Å². The number of aryl methyl sites for hydroxylation is 1. The molecular formula is C14H14N6OS. The van der Waals surface area contributed by atoms with Crippen molar-refractivity contribution in [1.82, 2.24) is 29.8 Å². The van der Waals surface area contributed by atoms with Gasteiger partial charge in [-0.2, -0.15) is 4.68 Å². The van der Waals surface area contributed by atoms with E-state index in [4.69, 9.17) is 0 Å². The highest BCUT2D eigenvalue weighted by Gasteiger charge is 2.28. The van der Waals surface area contributed by atoms with Gasteiger partial charge in [-0.25, -0.2) is 0 Å². The standard InChI is InChI=1S/C14H14N6OS/c1-9-15-17-14(20(9)10-6-7-10)22-8-19-13(21)11-4-2-3-5-12(11)16-18-19/h2-5,10H,6-8H2,1H3. The third kappa shape index (κ3) is 2.29. The highest BCUT2D eigenvalue weighted by molar-refractivity contribution is 7.98. The van der Waals surface area contributed by atoms with Gasteiger partial charge in [-0.15, -0.1) is 15.3 Å². The summed E-state index contributed by atoms with van der Waals surface area (Å²) >= 11 is 1.46. The van der Waals surface area contributed by atoms with Gasteiger partial charge in [0.1, 0.15) is 11.3 Å². The van der Waals surface area contributed by atoms with Crippen LogP contribution >= 0.6 is 11.8 Å². The molecule has 0 bridgehead atoms. The minimum absolute atomic E-state index is 0.132. The van der Waals surface area contributed by atoms with Gasteiger partial charge in [-0.05, 0) is 31.9 Å². The zero-order chi connectivity index (χ0) is 15.1. The molecule has 3 aromatic rings. The molecule has 4 rings (SSSR count). The third-order valence-corrected chi connectivity index (χ3v) is 4.60. The average molecular weight is 314 g/mol. The van der Waals surface area contributed by atoms with Gasteiger partial charge in [0.2, 0.25) is 0 Å². The summed E-state index contributed by atoms with van der Waals surface area (Å²) in [6.07, 6.45) is 2.34. The monoisotopic (exact) mass is 314 g/mol. The first-order valence-corrected chi connectivity index (χ1v) is 8.09. The summed E-state index contributed by atoms with van der Waals surface area (Å²) in [6, 6.07) is 7.74. The zero-order valence-corrected chi connectivity index (χ0v) is 12.8. The lowest BCUT2D eigenvalue weighted by Gasteiger charge is -2.07. The van der Waals surface area contributed by atoms with E-state index in [0.717, 1.165) is 11.0 Å². The molecule has 0 saturated heterocycles. The Morgan fingerprint density at radius 3 is 2.86 bits per heavy atom. The lowest BCUT2D eigenvalue weighted by atomic mass is 10.2. The Labute approximate surface area is 130 Å². The molecule has 2 heterocycles. The number of benzene rings is 1. The summed E-state index contributed by atoms with van der Waals surface area (Å²) in [7, 11) is 0. The minimum Gasteiger partial charge on any atom is -0.303 e. The quantitative estimate of drug-likeness (QED) is 0.683. The SMILES string of the molecule is Cc1nnc(SCn2nnc3ccccc3c2=O)n1C1CC1. The lowest BCUT2D eigenvalue weighted by molar-refractivity contribution is 0.626. The maximum absolute atomic E-state index is 12.4. The summed E-state index contributed by atoms with van der Waals surface area (Å²) in [5.41, 5.74) is 0.484. The van der Waals surface area contributed by atoms with Crippen molar-refractivity contribution in [3.05, 3.63) is 40.4 Å². The van der Waals surface area contributed by atoms with Gasteiger partial charge in [0, 0.05) is 6.04 Å². The Morgan fingerprint density at radius 1 is 1.23 bits per heavy atom. The smallest absolute Gasteiger partial charge is 0.278 e. The topological polar surface area (TPSA) is 78.5 Å². The molecule has 22 heavy (non-hydrogen) atoms. The molecule has 8 heteroatoms. The van der Waals surface area contributed by atoms with Gasteiger partial charge < -0.3 is 4.57 Å². The van der Waals surface area contributed by atoms with Crippen molar-refractivity contribution in [3.8, 4) is 0 Å². The molecule has 1 aliphatic carbocycles. The molecule has 1 aromatic carbocycles. The summed E-state index contributed by atoms with van der Waals surface area (Å²) < 4.78 is 3.51. The summed E-state index contributed by atoms with van der Waals surface area (Å²) in [6.45, 7) is 1.96. The molecule has 2 aromatic heterocycles. The molecule has 1 aliphatic rings. The number of fused-ring (bicyclic) bond motifs is 1. The van der Waals surface area contributed by atoms with Crippen LogP contribution in [-0.2, 0) is 5.88 Å². The minimum atomic E-state index is -0.132. The molecule has 112 valence electrons. The van der Waals surface area contributed by atoms with Gasteiger partial charge in [-0.3, -0.25) is 4.79 Å². The lowest BCUT2D eigenvalue weighted by Crippen LogP contribution is -2.23. The fourth-order valence-corrected chi connectivity index (χ4v) is 3.35. The fraction of sp³-hybridized carbons (Fsp3) is 0.357. The van der Waals surface area contributed by atoms with E-state index in [1.54, 1.807) is 12.1 Å². The van der Waals surface area contributed by atoms with E-state index in [9.17, 15) is 4.79 Å². The largest absolute Gasteiger partial charge is 0.303 e. The Bertz CT molecular complexity index is 898. The van der Waals surface area contributed by atoms with E-state index in [1.165, 1.54) is 29.3 Å². The summed E-state index contributed by atoms with van der Waals surface area (Å²) in [5, 5.41) is 17.8. The summed E-state index contributed by atoms with van der Waals surface area (Å²) in [4.78, 5) is 12.4. The molecule has 0 atom stereocenters. The van der Waals surface area contributed by atoms with Crippen molar-refractivity contribution in [2.45, 2.75) is 36.8 Å². The van der Waals surface area contributed by atoms with Crippen molar-refractivity contribution in [2.75, 3.05) is 0 Å².